The minimum absolute atomic E-state index is 0.152. The maximum atomic E-state index is 13.1. The average molecular weight is 388 g/mol. The molecule has 13 heteroatoms. The van der Waals surface area contributed by atoms with E-state index in [4.69, 9.17) is 0 Å². The minimum atomic E-state index is -7.84. The summed E-state index contributed by atoms with van der Waals surface area (Å²) in [6, 6.07) is 0. The smallest absolute Gasteiger partial charge is 0.199 e. The van der Waals surface area contributed by atoms with Gasteiger partial charge >= 0.3 is 35.8 Å². The van der Waals surface area contributed by atoms with Crippen molar-refractivity contribution in [2.75, 3.05) is 0 Å². The predicted octanol–water partition coefficient (Wildman–Crippen LogP) is 6.08. The quantitative estimate of drug-likeness (QED) is 0.382. The molecule has 0 saturated carbocycles. The summed E-state index contributed by atoms with van der Waals surface area (Å²) in [7, 11) is 0. The summed E-state index contributed by atoms with van der Waals surface area (Å²) in [6.07, 6.45) is -9.47. The van der Waals surface area contributed by atoms with E-state index >= 15 is 0 Å². The number of allylic oxidation sites excluding steroid dienone is 2. The highest BCUT2D eigenvalue weighted by Crippen LogP contribution is 2.60. The standard InChI is InChI=1S/C11H9F13/c1-5(2)3-4-6(12,13)7(14,15)8(16,17)9(18,19)10(20,21)11(22,23)24/h3H,4H2,1-2H3. The van der Waals surface area contributed by atoms with Crippen molar-refractivity contribution in [2.45, 2.75) is 56.1 Å². The Hall–Kier alpha value is -1.17. The highest BCUT2D eigenvalue weighted by molar-refractivity contribution is 5.11. The normalized spacial score (nSPS) is 15.5. The van der Waals surface area contributed by atoms with Gasteiger partial charge in [-0.2, -0.15) is 57.1 Å². The van der Waals surface area contributed by atoms with E-state index in [1.54, 1.807) is 0 Å². The lowest BCUT2D eigenvalue weighted by Crippen LogP contribution is -2.70. The van der Waals surface area contributed by atoms with Crippen LogP contribution in [0, 0.1) is 0 Å². The molecule has 0 rings (SSSR count). The van der Waals surface area contributed by atoms with Gasteiger partial charge in [-0.05, 0) is 13.8 Å². The second-order valence-corrected chi connectivity index (χ2v) is 4.99. The van der Waals surface area contributed by atoms with Crippen molar-refractivity contribution < 1.29 is 57.1 Å². The number of hydrogen-bond acceptors (Lipinski definition) is 0. The maximum absolute atomic E-state index is 13.1. The summed E-state index contributed by atoms with van der Waals surface area (Å²) in [5.41, 5.74) is -0.152. The van der Waals surface area contributed by atoms with Gasteiger partial charge < -0.3 is 0 Å². The van der Waals surface area contributed by atoms with Crippen LogP contribution in [0.2, 0.25) is 0 Å². The Labute approximate surface area is 126 Å². The molecular weight excluding hydrogens is 379 g/mol. The summed E-state index contributed by atoms with van der Waals surface area (Å²) >= 11 is 0. The zero-order valence-electron chi connectivity index (χ0n) is 11.7. The van der Waals surface area contributed by atoms with Crippen molar-refractivity contribution in [1.82, 2.24) is 0 Å². The zero-order valence-corrected chi connectivity index (χ0v) is 11.7. The van der Waals surface area contributed by atoms with Crippen LogP contribution in [0.25, 0.3) is 0 Å². The van der Waals surface area contributed by atoms with Crippen molar-refractivity contribution in [3.05, 3.63) is 11.6 Å². The van der Waals surface area contributed by atoms with Crippen LogP contribution >= 0.6 is 0 Å². The molecule has 0 N–H and O–H groups in total. The summed E-state index contributed by atoms with van der Waals surface area (Å²) in [5, 5.41) is 0. The van der Waals surface area contributed by atoms with Gasteiger partial charge in [-0.15, -0.1) is 0 Å². The number of halogens is 13. The topological polar surface area (TPSA) is 0 Å². The molecule has 0 unspecified atom stereocenters. The Morgan fingerprint density at radius 2 is 0.917 bits per heavy atom. The average Bonchev–Trinajstić information content (AvgIpc) is 2.34. The van der Waals surface area contributed by atoms with Gasteiger partial charge in [0.1, 0.15) is 0 Å². The first-order chi connectivity index (χ1) is 10.2. The molecule has 0 aliphatic carbocycles. The van der Waals surface area contributed by atoms with Crippen LogP contribution in [0.15, 0.2) is 11.6 Å². The Kier molecular flexibility index (Phi) is 5.68. The highest BCUT2D eigenvalue weighted by atomic mass is 19.4. The molecule has 0 radical (unpaired) electrons. The van der Waals surface area contributed by atoms with Crippen molar-refractivity contribution in [3.8, 4) is 0 Å². The first kappa shape index (κ1) is 22.8. The lowest BCUT2D eigenvalue weighted by molar-refractivity contribution is -0.439. The van der Waals surface area contributed by atoms with Crippen molar-refractivity contribution >= 4 is 0 Å². The molecule has 0 aliphatic heterocycles. The molecule has 0 bridgehead atoms. The molecule has 0 fully saturated rings. The minimum Gasteiger partial charge on any atom is -0.199 e. The summed E-state index contributed by atoms with van der Waals surface area (Å²) in [6.45, 7) is 2.05. The van der Waals surface area contributed by atoms with Gasteiger partial charge in [0.2, 0.25) is 0 Å². The third kappa shape index (κ3) is 3.30. The fraction of sp³-hybridized carbons (Fsp3) is 0.818. The fourth-order valence-corrected chi connectivity index (χ4v) is 1.26. The molecule has 0 saturated heterocycles. The van der Waals surface area contributed by atoms with E-state index in [2.05, 4.69) is 0 Å². The molecule has 0 aromatic carbocycles. The van der Waals surface area contributed by atoms with E-state index in [0.29, 0.717) is 0 Å². The van der Waals surface area contributed by atoms with E-state index in [-0.39, 0.29) is 11.6 Å². The van der Waals surface area contributed by atoms with Crippen molar-refractivity contribution in [3.63, 3.8) is 0 Å². The van der Waals surface area contributed by atoms with Crippen LogP contribution in [0.1, 0.15) is 20.3 Å². The fourth-order valence-electron chi connectivity index (χ4n) is 1.26. The second kappa shape index (κ2) is 5.97. The monoisotopic (exact) mass is 388 g/mol. The maximum Gasteiger partial charge on any atom is 0.460 e. The summed E-state index contributed by atoms with van der Waals surface area (Å²) in [4.78, 5) is 0. The molecule has 24 heavy (non-hydrogen) atoms. The summed E-state index contributed by atoms with van der Waals surface area (Å²) in [5.74, 6) is -36.5. The van der Waals surface area contributed by atoms with Gasteiger partial charge in [0.15, 0.2) is 0 Å². The highest BCUT2D eigenvalue weighted by Gasteiger charge is 2.90. The Morgan fingerprint density at radius 1 is 0.583 bits per heavy atom. The Morgan fingerprint density at radius 3 is 1.21 bits per heavy atom. The van der Waals surface area contributed by atoms with Gasteiger partial charge in [0.25, 0.3) is 0 Å². The molecule has 0 aromatic heterocycles. The number of alkyl halides is 13. The second-order valence-electron chi connectivity index (χ2n) is 4.99. The summed E-state index contributed by atoms with van der Waals surface area (Å²) < 4.78 is 165. The first-order valence-corrected chi connectivity index (χ1v) is 5.76. The molecule has 0 spiro atoms. The van der Waals surface area contributed by atoms with Gasteiger partial charge in [-0.3, -0.25) is 0 Å². The molecular formula is C11H9F13. The van der Waals surface area contributed by atoms with Crippen LogP contribution in [-0.4, -0.2) is 35.8 Å². The van der Waals surface area contributed by atoms with E-state index < -0.39 is 42.2 Å². The largest absolute Gasteiger partial charge is 0.460 e. The van der Waals surface area contributed by atoms with Gasteiger partial charge in [0.05, 0.1) is 0 Å². The Bertz CT molecular complexity index is 479. The lowest BCUT2D eigenvalue weighted by Gasteiger charge is -2.39. The Balaban J connectivity index is 6.15. The molecule has 0 heterocycles. The van der Waals surface area contributed by atoms with Crippen LogP contribution in [0.3, 0.4) is 0 Å². The van der Waals surface area contributed by atoms with E-state index in [1.165, 1.54) is 0 Å². The van der Waals surface area contributed by atoms with E-state index in [9.17, 15) is 57.1 Å². The molecule has 0 atom stereocenters. The van der Waals surface area contributed by atoms with Gasteiger partial charge in [0, 0.05) is 6.42 Å². The predicted molar refractivity (Wildman–Crippen MR) is 54.8 cm³/mol. The molecule has 0 amide bonds. The molecule has 0 nitrogen and oxygen atoms in total. The number of hydrogen-bond donors (Lipinski definition) is 0. The molecule has 144 valence electrons. The third-order valence-electron chi connectivity index (χ3n) is 2.77. The van der Waals surface area contributed by atoms with Crippen LogP contribution in [-0.2, 0) is 0 Å². The van der Waals surface area contributed by atoms with Crippen molar-refractivity contribution in [1.29, 1.82) is 0 Å². The van der Waals surface area contributed by atoms with E-state index in [0.717, 1.165) is 13.8 Å². The van der Waals surface area contributed by atoms with Gasteiger partial charge in [-0.1, -0.05) is 11.6 Å². The van der Waals surface area contributed by atoms with Crippen LogP contribution in [0.4, 0.5) is 57.1 Å². The lowest BCUT2D eigenvalue weighted by atomic mass is 9.92. The van der Waals surface area contributed by atoms with E-state index in [1.807, 2.05) is 0 Å². The third-order valence-corrected chi connectivity index (χ3v) is 2.77. The van der Waals surface area contributed by atoms with Crippen LogP contribution in [0.5, 0.6) is 0 Å². The van der Waals surface area contributed by atoms with Crippen LogP contribution < -0.4 is 0 Å². The van der Waals surface area contributed by atoms with Crippen molar-refractivity contribution in [2.24, 2.45) is 0 Å². The van der Waals surface area contributed by atoms with Gasteiger partial charge in [-0.25, -0.2) is 0 Å². The molecule has 0 aromatic rings. The first-order valence-electron chi connectivity index (χ1n) is 5.76. The molecule has 0 aliphatic rings. The zero-order chi connectivity index (χ0) is 20.0. The SMILES string of the molecule is CC(C)=CCC(F)(F)C(F)(F)C(F)(F)C(F)(F)C(F)(F)C(F)(F)F. The number of rotatable bonds is 6.